The first-order valence-electron chi connectivity index (χ1n) is 9.37. The fourth-order valence-corrected chi connectivity index (χ4v) is 6.26. The van der Waals surface area contributed by atoms with Gasteiger partial charge in [0.25, 0.3) is 0 Å². The summed E-state index contributed by atoms with van der Waals surface area (Å²) in [6.45, 7) is 16.9. The van der Waals surface area contributed by atoms with Crippen LogP contribution in [0.1, 0.15) is 0 Å². The van der Waals surface area contributed by atoms with Gasteiger partial charge in [0.15, 0.2) is 0 Å². The third-order valence-electron chi connectivity index (χ3n) is 6.55. The predicted molar refractivity (Wildman–Crippen MR) is 88.8 cm³/mol. The molecule has 26 heavy (non-hydrogen) atoms. The molecule has 0 aromatic carbocycles. The van der Waals surface area contributed by atoms with Gasteiger partial charge in [0.2, 0.25) is 0 Å². The number of halogens is 2. The van der Waals surface area contributed by atoms with Crippen molar-refractivity contribution in [3.8, 4) is 0 Å². The van der Waals surface area contributed by atoms with Gasteiger partial charge in [-0.15, -0.1) is 0 Å². The summed E-state index contributed by atoms with van der Waals surface area (Å²) in [6, 6.07) is 0. The first-order chi connectivity index (χ1) is 11.7. The van der Waals surface area contributed by atoms with Crippen LogP contribution in [0.5, 0.6) is 0 Å². The topological polar surface area (TPSA) is 19.4 Å². The second-order valence-corrected chi connectivity index (χ2v) is 9.24. The zero-order valence-electron chi connectivity index (χ0n) is 15.4. The molecule has 0 atom stereocenters. The van der Waals surface area contributed by atoms with E-state index in [-0.39, 0.29) is 24.8 Å². The van der Waals surface area contributed by atoms with Gasteiger partial charge in [-0.2, -0.15) is 0 Å². The van der Waals surface area contributed by atoms with E-state index in [1.54, 1.807) is 0 Å². The highest BCUT2D eigenvalue weighted by molar-refractivity contribution is 4.86. The molecule has 0 N–H and O–H groups in total. The molecule has 8 nitrogen and oxygen atoms in total. The van der Waals surface area contributed by atoms with Crippen molar-refractivity contribution in [2.75, 3.05) is 93.1 Å². The fraction of sp³-hybridized carbons (Fsp3) is 0.875. The van der Waals surface area contributed by atoms with Gasteiger partial charge in [-0.1, -0.05) is 0 Å². The van der Waals surface area contributed by atoms with Crippen LogP contribution >= 0.6 is 0 Å². The van der Waals surface area contributed by atoms with Crippen LogP contribution in [0.2, 0.25) is 0 Å². The normalized spacial score (nSPS) is 52.9. The van der Waals surface area contributed by atoms with E-state index in [4.69, 9.17) is 0 Å². The monoisotopic (exact) mass is 404 g/mol. The summed E-state index contributed by atoms with van der Waals surface area (Å²) in [5.74, 6) is 0. The lowest BCUT2D eigenvalue weighted by molar-refractivity contribution is -0.977. The van der Waals surface area contributed by atoms with E-state index in [0.29, 0.717) is 0 Å². The molecule has 8 saturated heterocycles. The van der Waals surface area contributed by atoms with E-state index in [1.165, 1.54) is 102 Å². The highest BCUT2D eigenvalue weighted by Crippen LogP contribution is 2.30. The molecule has 0 spiro atoms. The van der Waals surface area contributed by atoms with Crippen molar-refractivity contribution in [1.82, 2.24) is 29.4 Å². The maximum absolute atomic E-state index is 2.60. The predicted octanol–water partition coefficient (Wildman–Crippen LogP) is -7.43. The maximum atomic E-state index is 2.60. The fourth-order valence-electron chi connectivity index (χ4n) is 6.26. The average Bonchev–Trinajstić information content (AvgIpc) is 2.49. The molecular weight excluding hydrogens is 375 g/mol. The van der Waals surface area contributed by atoms with Crippen LogP contribution in [0.3, 0.4) is 0 Å². The van der Waals surface area contributed by atoms with Gasteiger partial charge in [0, 0.05) is 0 Å². The lowest BCUT2D eigenvalue weighted by Crippen LogP contribution is -3.00. The van der Waals surface area contributed by atoms with Crippen molar-refractivity contribution in [2.45, 2.75) is 0 Å². The summed E-state index contributed by atoms with van der Waals surface area (Å²) >= 11 is 0. The number of hydrogen-bond acceptors (Lipinski definition) is 6. The van der Waals surface area contributed by atoms with E-state index < -0.39 is 0 Å². The maximum Gasteiger partial charge on any atom is 0.139 e. The Hall–Kier alpha value is 0. The molecule has 0 radical (unpaired) electrons. The molecule has 0 saturated carbocycles. The van der Waals surface area contributed by atoms with Crippen LogP contribution < -0.4 is 24.8 Å². The third kappa shape index (κ3) is 3.20. The van der Waals surface area contributed by atoms with Crippen LogP contribution in [0.25, 0.3) is 0 Å². The summed E-state index contributed by atoms with van der Waals surface area (Å²) in [5.41, 5.74) is 0. The van der Waals surface area contributed by atoms with Crippen molar-refractivity contribution in [1.29, 1.82) is 0 Å². The Kier molecular flexibility index (Phi) is 5.06. The number of rotatable bonds is 4. The van der Waals surface area contributed by atoms with Crippen LogP contribution in [0.4, 0.5) is 0 Å². The number of nitrogens with zero attached hydrogens (tertiary/aromatic N) is 8. The first-order valence-corrected chi connectivity index (χ1v) is 9.37. The van der Waals surface area contributed by atoms with Crippen LogP contribution in [-0.2, 0) is 0 Å². The van der Waals surface area contributed by atoms with E-state index >= 15 is 0 Å². The molecule has 10 heteroatoms. The van der Waals surface area contributed by atoms with E-state index in [9.17, 15) is 0 Å². The molecule has 8 rings (SSSR count). The molecule has 8 bridgehead atoms. The Bertz CT molecular complexity index is 452. The van der Waals surface area contributed by atoms with Gasteiger partial charge in [-0.25, -0.2) is 29.4 Å². The Balaban J connectivity index is 0.000000841. The highest BCUT2D eigenvalue weighted by Gasteiger charge is 2.49. The summed E-state index contributed by atoms with van der Waals surface area (Å²) in [7, 11) is 0. The standard InChI is InChI=1S/C16H30N8.2ClH/c1(3-23-11-17-5-18(12-23)7-19(6-17)13-23)2-4-24-14-20-8-21(15-24)10-22(9-20)16-24;;/h1-2H,3-16H2;2*1H/q+2;;/p-2. The second-order valence-electron chi connectivity index (χ2n) is 9.24. The zero-order chi connectivity index (χ0) is 15.8. The van der Waals surface area contributed by atoms with Gasteiger partial charge in [0.1, 0.15) is 53.1 Å². The SMILES string of the molecule is C(=CC[N+]12CN3CN(CN(C3)C1)C2)C[N+]12CN3CN(CN(C3)C1)C2.[Cl-].[Cl-]. The van der Waals surface area contributed by atoms with Gasteiger partial charge in [-0.05, 0) is 12.2 Å². The summed E-state index contributed by atoms with van der Waals surface area (Å²) < 4.78 is 2.45. The van der Waals surface area contributed by atoms with Crippen molar-refractivity contribution >= 4 is 0 Å². The zero-order valence-corrected chi connectivity index (χ0v) is 16.9. The van der Waals surface area contributed by atoms with Crippen molar-refractivity contribution < 1.29 is 33.8 Å². The molecule has 8 heterocycles. The van der Waals surface area contributed by atoms with Gasteiger partial charge in [0.05, 0.1) is 40.0 Å². The molecule has 0 aliphatic carbocycles. The third-order valence-corrected chi connectivity index (χ3v) is 6.55. The minimum absolute atomic E-state index is 0. The molecule has 8 fully saturated rings. The second kappa shape index (κ2) is 6.81. The quantitative estimate of drug-likeness (QED) is 0.340. The van der Waals surface area contributed by atoms with Crippen molar-refractivity contribution in [3.63, 3.8) is 0 Å². The Morgan fingerprint density at radius 3 is 0.923 bits per heavy atom. The molecule has 0 aromatic heterocycles. The summed E-state index contributed by atoms with van der Waals surface area (Å²) in [4.78, 5) is 15.6. The lowest BCUT2D eigenvalue weighted by atomic mass is 10.2. The van der Waals surface area contributed by atoms with E-state index in [1.807, 2.05) is 0 Å². The molecule has 0 aromatic rings. The summed E-state index contributed by atoms with van der Waals surface area (Å²) in [6.07, 6.45) is 4.99. The smallest absolute Gasteiger partial charge is 0.139 e. The Labute approximate surface area is 168 Å². The summed E-state index contributed by atoms with van der Waals surface area (Å²) in [5, 5.41) is 0. The van der Waals surface area contributed by atoms with Gasteiger partial charge in [-0.3, -0.25) is 8.97 Å². The largest absolute Gasteiger partial charge is 1.00 e. The Morgan fingerprint density at radius 2 is 0.692 bits per heavy atom. The van der Waals surface area contributed by atoms with Crippen LogP contribution in [-0.4, -0.2) is 131 Å². The first kappa shape index (κ1) is 19.3. The van der Waals surface area contributed by atoms with Gasteiger partial charge >= 0.3 is 0 Å². The highest BCUT2D eigenvalue weighted by atomic mass is 35.5. The van der Waals surface area contributed by atoms with Crippen molar-refractivity contribution in [2.24, 2.45) is 0 Å². The van der Waals surface area contributed by atoms with Crippen LogP contribution in [0, 0.1) is 0 Å². The van der Waals surface area contributed by atoms with E-state index in [0.717, 1.165) is 0 Å². The van der Waals surface area contributed by atoms with Crippen molar-refractivity contribution in [3.05, 3.63) is 12.2 Å². The van der Waals surface area contributed by atoms with Crippen LogP contribution in [0.15, 0.2) is 12.2 Å². The minimum atomic E-state index is 0. The molecule has 0 amide bonds. The Morgan fingerprint density at radius 1 is 0.462 bits per heavy atom. The molecular formula is C16H30Cl2N8. The average molecular weight is 405 g/mol. The molecule has 148 valence electrons. The molecule has 8 aliphatic rings. The van der Waals surface area contributed by atoms with Gasteiger partial charge < -0.3 is 24.8 Å². The number of hydrogen-bond donors (Lipinski definition) is 0. The minimum Gasteiger partial charge on any atom is -1.00 e. The molecule has 8 aliphatic heterocycles. The van der Waals surface area contributed by atoms with E-state index in [2.05, 4.69) is 41.6 Å². The molecule has 0 unspecified atom stereocenters. The number of quaternary nitrogens is 2. The lowest BCUT2D eigenvalue weighted by Gasteiger charge is -2.61.